The molecule has 0 radical (unpaired) electrons. The van der Waals surface area contributed by atoms with Crippen molar-refractivity contribution in [3.8, 4) is 0 Å². The van der Waals surface area contributed by atoms with Gasteiger partial charge in [0.05, 0.1) is 17.2 Å². The van der Waals surface area contributed by atoms with E-state index in [-0.39, 0.29) is 18.5 Å². The second-order valence-corrected chi connectivity index (χ2v) is 4.92. The van der Waals surface area contributed by atoms with Gasteiger partial charge < -0.3 is 10.1 Å². The van der Waals surface area contributed by atoms with E-state index in [4.69, 9.17) is 4.74 Å². The van der Waals surface area contributed by atoms with Gasteiger partial charge in [-0.1, -0.05) is 6.07 Å². The maximum absolute atomic E-state index is 12.1. The third-order valence-electron chi connectivity index (χ3n) is 3.75. The van der Waals surface area contributed by atoms with Crippen molar-refractivity contribution in [2.45, 2.75) is 12.8 Å². The molecule has 0 amide bonds. The van der Waals surface area contributed by atoms with Gasteiger partial charge in [0.15, 0.2) is 5.82 Å². The molecule has 0 saturated heterocycles. The number of hydrogen-bond acceptors (Lipinski definition) is 5. The first-order chi connectivity index (χ1) is 9.75. The van der Waals surface area contributed by atoms with E-state index in [2.05, 4.69) is 20.5 Å². The summed E-state index contributed by atoms with van der Waals surface area (Å²) in [7, 11) is 0. The number of carbonyl (C=O) groups excluding carboxylic acids is 1. The zero-order valence-electron chi connectivity index (χ0n) is 10.8. The molecular formula is C14H12N4O2. The van der Waals surface area contributed by atoms with Crippen molar-refractivity contribution in [2.75, 3.05) is 11.9 Å². The van der Waals surface area contributed by atoms with Gasteiger partial charge in [-0.2, -0.15) is 5.10 Å². The first-order valence-electron chi connectivity index (χ1n) is 6.37. The van der Waals surface area contributed by atoms with Crippen molar-refractivity contribution in [3.63, 3.8) is 0 Å². The Bertz CT molecular complexity index is 733. The van der Waals surface area contributed by atoms with Crippen molar-refractivity contribution in [2.24, 2.45) is 0 Å². The van der Waals surface area contributed by atoms with Gasteiger partial charge in [-0.05, 0) is 18.6 Å². The molecule has 0 spiro atoms. The lowest BCUT2D eigenvalue weighted by Gasteiger charge is -2.23. The zero-order chi connectivity index (χ0) is 13.7. The summed E-state index contributed by atoms with van der Waals surface area (Å²) in [4.78, 5) is 16.2. The van der Waals surface area contributed by atoms with E-state index >= 15 is 0 Å². The highest BCUT2D eigenvalue weighted by atomic mass is 16.5. The summed E-state index contributed by atoms with van der Waals surface area (Å²) in [6.45, 7) is 2.22. The van der Waals surface area contributed by atoms with E-state index in [1.807, 2.05) is 19.1 Å². The van der Waals surface area contributed by atoms with Gasteiger partial charge in [0.1, 0.15) is 6.61 Å². The molecule has 4 rings (SSSR count). The third kappa shape index (κ3) is 1.41. The van der Waals surface area contributed by atoms with Crippen LogP contribution >= 0.6 is 0 Å². The van der Waals surface area contributed by atoms with E-state index in [0.717, 1.165) is 28.3 Å². The third-order valence-corrected chi connectivity index (χ3v) is 3.75. The summed E-state index contributed by atoms with van der Waals surface area (Å²) in [5, 5.41) is 10.4. The molecule has 0 aromatic carbocycles. The summed E-state index contributed by atoms with van der Waals surface area (Å²) >= 11 is 0. The van der Waals surface area contributed by atoms with Gasteiger partial charge in [0, 0.05) is 23.7 Å². The molecule has 2 aromatic heterocycles. The molecule has 2 N–H and O–H groups in total. The normalized spacial score (nSPS) is 20.2. The molecule has 1 atom stereocenters. The van der Waals surface area contributed by atoms with Crippen molar-refractivity contribution >= 4 is 11.8 Å². The van der Waals surface area contributed by atoms with Crippen LogP contribution in [0.5, 0.6) is 0 Å². The zero-order valence-corrected chi connectivity index (χ0v) is 10.8. The highest BCUT2D eigenvalue weighted by Gasteiger charge is 2.40. The first-order valence-corrected chi connectivity index (χ1v) is 6.37. The summed E-state index contributed by atoms with van der Waals surface area (Å²) < 4.78 is 5.16. The number of nitrogens with zero attached hydrogens (tertiary/aromatic N) is 2. The fourth-order valence-corrected chi connectivity index (χ4v) is 2.87. The molecule has 2 aliphatic rings. The van der Waals surface area contributed by atoms with Crippen LogP contribution in [-0.4, -0.2) is 27.8 Å². The number of hydrogen-bond donors (Lipinski definition) is 2. The maximum Gasteiger partial charge on any atom is 0.337 e. The van der Waals surface area contributed by atoms with Gasteiger partial charge in [0.25, 0.3) is 0 Å². The molecule has 20 heavy (non-hydrogen) atoms. The van der Waals surface area contributed by atoms with E-state index in [1.54, 1.807) is 12.4 Å². The quantitative estimate of drug-likeness (QED) is 0.766. The Hall–Kier alpha value is -2.63. The van der Waals surface area contributed by atoms with E-state index in [0.29, 0.717) is 5.57 Å². The lowest BCUT2D eigenvalue weighted by Crippen LogP contribution is -2.19. The molecule has 2 aromatic rings. The largest absolute Gasteiger partial charge is 0.456 e. The standard InChI is InChI=1S/C14H12N4O2/c1-7-10-11(8-3-2-4-15-5-8)12-9(6-20-14(12)19)16-13(10)18-17-7/h2-5,11H,6H2,1H3,(H2,16,17,18). The Balaban J connectivity index is 1.96. The van der Waals surface area contributed by atoms with E-state index in [9.17, 15) is 4.79 Å². The van der Waals surface area contributed by atoms with Crippen LogP contribution in [0.1, 0.15) is 22.7 Å². The monoisotopic (exact) mass is 268 g/mol. The molecule has 2 aliphatic heterocycles. The highest BCUT2D eigenvalue weighted by Crippen LogP contribution is 2.44. The van der Waals surface area contributed by atoms with Crippen molar-refractivity contribution in [3.05, 3.63) is 52.6 Å². The first kappa shape index (κ1) is 11.2. The fourth-order valence-electron chi connectivity index (χ4n) is 2.87. The average Bonchev–Trinajstić information content (AvgIpc) is 3.03. The van der Waals surface area contributed by atoms with Gasteiger partial charge in [-0.15, -0.1) is 0 Å². The van der Waals surface area contributed by atoms with E-state index in [1.165, 1.54) is 0 Å². The molecular weight excluding hydrogens is 256 g/mol. The number of cyclic esters (lactones) is 1. The molecule has 6 heteroatoms. The van der Waals surface area contributed by atoms with Crippen LogP contribution in [0.25, 0.3) is 0 Å². The average molecular weight is 268 g/mol. The Morgan fingerprint density at radius 2 is 2.35 bits per heavy atom. The molecule has 0 saturated carbocycles. The number of H-pyrrole nitrogens is 1. The Morgan fingerprint density at radius 1 is 1.45 bits per heavy atom. The van der Waals surface area contributed by atoms with Crippen LogP contribution < -0.4 is 5.32 Å². The summed E-state index contributed by atoms with van der Waals surface area (Å²) in [6, 6.07) is 3.84. The van der Waals surface area contributed by atoms with Crippen LogP contribution in [-0.2, 0) is 9.53 Å². The van der Waals surface area contributed by atoms with Crippen LogP contribution in [0.4, 0.5) is 5.82 Å². The summed E-state index contributed by atoms with van der Waals surface area (Å²) in [5.41, 5.74) is 4.34. The van der Waals surface area contributed by atoms with Crippen LogP contribution in [0.3, 0.4) is 0 Å². The number of fused-ring (bicyclic) bond motifs is 1. The number of anilines is 1. The van der Waals surface area contributed by atoms with Crippen molar-refractivity contribution in [1.29, 1.82) is 0 Å². The summed E-state index contributed by atoms with van der Waals surface area (Å²) in [5.74, 6) is 0.310. The number of nitrogens with one attached hydrogen (secondary N) is 2. The maximum atomic E-state index is 12.1. The predicted molar refractivity (Wildman–Crippen MR) is 71.0 cm³/mol. The number of carbonyl (C=O) groups is 1. The lowest BCUT2D eigenvalue weighted by atomic mass is 9.83. The van der Waals surface area contributed by atoms with Crippen molar-refractivity contribution in [1.82, 2.24) is 15.2 Å². The molecule has 1 unspecified atom stereocenters. The number of aromatic nitrogens is 3. The minimum Gasteiger partial charge on any atom is -0.456 e. The summed E-state index contributed by atoms with van der Waals surface area (Å²) in [6.07, 6.45) is 3.50. The number of pyridine rings is 1. The van der Waals surface area contributed by atoms with Gasteiger partial charge in [-0.3, -0.25) is 10.1 Å². The Kier molecular flexibility index (Phi) is 2.20. The molecule has 4 heterocycles. The van der Waals surface area contributed by atoms with Gasteiger partial charge >= 0.3 is 5.97 Å². The van der Waals surface area contributed by atoms with Gasteiger partial charge in [-0.25, -0.2) is 4.79 Å². The minimum atomic E-state index is -0.271. The molecule has 0 bridgehead atoms. The molecule has 100 valence electrons. The van der Waals surface area contributed by atoms with Crippen LogP contribution in [0.15, 0.2) is 35.8 Å². The smallest absolute Gasteiger partial charge is 0.337 e. The van der Waals surface area contributed by atoms with E-state index < -0.39 is 0 Å². The molecule has 6 nitrogen and oxygen atoms in total. The number of rotatable bonds is 1. The highest BCUT2D eigenvalue weighted by molar-refractivity contribution is 5.97. The Labute approximate surface area is 114 Å². The SMILES string of the molecule is Cc1[nH]nc2c1C(c1cccnc1)C1=C(COC1=O)N2. The molecule has 0 aliphatic carbocycles. The Morgan fingerprint density at radius 3 is 3.15 bits per heavy atom. The topological polar surface area (TPSA) is 79.9 Å². The molecule has 0 fully saturated rings. The van der Waals surface area contributed by atoms with Crippen LogP contribution in [0, 0.1) is 6.92 Å². The van der Waals surface area contributed by atoms with Crippen molar-refractivity contribution < 1.29 is 9.53 Å². The number of aryl methyl sites for hydroxylation is 1. The number of esters is 1. The van der Waals surface area contributed by atoms with Crippen LogP contribution in [0.2, 0.25) is 0 Å². The number of ether oxygens (including phenoxy) is 1. The predicted octanol–water partition coefficient (Wildman–Crippen LogP) is 1.48. The second kappa shape index (κ2) is 3.93. The second-order valence-electron chi connectivity index (χ2n) is 4.92. The minimum absolute atomic E-state index is 0.177. The number of aromatic amines is 1. The van der Waals surface area contributed by atoms with Gasteiger partial charge in [0.2, 0.25) is 0 Å². The lowest BCUT2D eigenvalue weighted by molar-refractivity contribution is -0.136. The fraction of sp³-hybridized carbons (Fsp3) is 0.214.